The molecule has 0 aliphatic rings. The van der Waals surface area contributed by atoms with Crippen molar-refractivity contribution in [1.82, 2.24) is 14.5 Å². The summed E-state index contributed by atoms with van der Waals surface area (Å²) in [6.45, 7) is 4.63. The van der Waals surface area contributed by atoms with Crippen LogP contribution >= 0.6 is 0 Å². The highest BCUT2D eigenvalue weighted by Crippen LogP contribution is 2.25. The van der Waals surface area contributed by atoms with Gasteiger partial charge in [-0.15, -0.1) is 0 Å². The Hall–Kier alpha value is -3.22. The van der Waals surface area contributed by atoms with E-state index in [-0.39, 0.29) is 11.6 Å². The van der Waals surface area contributed by atoms with Gasteiger partial charge in [-0.25, -0.2) is 14.2 Å². The van der Waals surface area contributed by atoms with E-state index >= 15 is 0 Å². The van der Waals surface area contributed by atoms with E-state index in [1.807, 2.05) is 25.1 Å². The van der Waals surface area contributed by atoms with E-state index < -0.39 is 11.9 Å². The van der Waals surface area contributed by atoms with Crippen LogP contribution in [-0.2, 0) is 7.05 Å². The monoisotopic (exact) mass is 438 g/mol. The van der Waals surface area contributed by atoms with Gasteiger partial charge < -0.3 is 10.2 Å². The summed E-state index contributed by atoms with van der Waals surface area (Å²) in [6.07, 6.45) is 4.60. The van der Waals surface area contributed by atoms with Gasteiger partial charge in [0, 0.05) is 19.3 Å². The highest BCUT2D eigenvalue weighted by Gasteiger charge is 2.27. The molecule has 2 aromatic carbocycles. The first-order valence-corrected chi connectivity index (χ1v) is 11.2. The number of hydrogen-bond donors (Lipinski definition) is 1. The number of rotatable bonds is 9. The van der Waals surface area contributed by atoms with Gasteiger partial charge in [0.1, 0.15) is 11.6 Å². The number of nitrogens with one attached hydrogen (secondary N) is 1. The van der Waals surface area contributed by atoms with Gasteiger partial charge in [0.15, 0.2) is 0 Å². The van der Waals surface area contributed by atoms with Crippen molar-refractivity contribution in [3.05, 3.63) is 70.5 Å². The minimum atomic E-state index is -0.414. The van der Waals surface area contributed by atoms with Crippen LogP contribution in [0.2, 0.25) is 0 Å². The highest BCUT2D eigenvalue weighted by atomic mass is 19.1. The maximum absolute atomic E-state index is 13.6. The number of aromatic nitrogens is 2. The normalized spacial score (nSPS) is 12.0. The minimum absolute atomic E-state index is 0.138. The van der Waals surface area contributed by atoms with E-state index in [2.05, 4.69) is 12.2 Å². The first kappa shape index (κ1) is 23.4. The molecule has 1 aromatic heterocycles. The zero-order valence-electron chi connectivity index (χ0n) is 19.0. The molecule has 0 aliphatic carbocycles. The molecule has 1 N–H and O–H groups in total. The lowest BCUT2D eigenvalue weighted by Gasteiger charge is -2.32. The number of para-hydroxylation sites is 1. The SMILES string of the molecule is CCCCCCN(C(=O)Nc1cccc(F)c1)C(CC)c1nc2ccccc2c(=O)n1C. The van der Waals surface area contributed by atoms with Gasteiger partial charge in [0.25, 0.3) is 5.56 Å². The topological polar surface area (TPSA) is 67.2 Å². The standard InChI is InChI=1S/C25H31FN4O2/c1-4-6-7-10-16-30(25(32)27-19-13-11-12-18(26)17-19)22(5-2)23-28-21-15-9-8-14-20(21)24(31)29(23)3/h8-9,11-15,17,22H,4-7,10,16H2,1-3H3,(H,27,32). The van der Waals surface area contributed by atoms with E-state index in [0.717, 1.165) is 25.7 Å². The van der Waals surface area contributed by atoms with Gasteiger partial charge in [0.2, 0.25) is 0 Å². The van der Waals surface area contributed by atoms with Crippen molar-refractivity contribution in [2.75, 3.05) is 11.9 Å². The summed E-state index contributed by atoms with van der Waals surface area (Å²) in [5.74, 6) is 0.129. The van der Waals surface area contributed by atoms with Crippen LogP contribution in [0.3, 0.4) is 0 Å². The number of unbranched alkanes of at least 4 members (excludes halogenated alkanes) is 3. The number of anilines is 1. The number of carbonyl (C=O) groups is 1. The van der Waals surface area contributed by atoms with Crippen LogP contribution < -0.4 is 10.9 Å². The molecule has 0 bridgehead atoms. The summed E-state index contributed by atoms with van der Waals surface area (Å²) in [4.78, 5) is 32.7. The summed E-state index contributed by atoms with van der Waals surface area (Å²) < 4.78 is 15.2. The Morgan fingerprint density at radius 1 is 1.12 bits per heavy atom. The lowest BCUT2D eigenvalue weighted by Crippen LogP contribution is -2.41. The Kier molecular flexibility index (Phi) is 7.98. The molecule has 3 aromatic rings. The summed E-state index contributed by atoms with van der Waals surface area (Å²) in [6, 6.07) is 12.3. The average Bonchev–Trinajstić information content (AvgIpc) is 2.79. The maximum atomic E-state index is 13.6. The van der Waals surface area contributed by atoms with Crippen LogP contribution in [0, 0.1) is 5.82 Å². The zero-order valence-corrected chi connectivity index (χ0v) is 19.0. The predicted molar refractivity (Wildman–Crippen MR) is 126 cm³/mol. The Bertz CT molecular complexity index is 1130. The number of fused-ring (bicyclic) bond motifs is 1. The molecule has 1 heterocycles. The number of carbonyl (C=O) groups excluding carboxylic acids is 1. The molecule has 32 heavy (non-hydrogen) atoms. The number of hydrogen-bond acceptors (Lipinski definition) is 3. The van der Waals surface area contributed by atoms with Crippen molar-refractivity contribution in [1.29, 1.82) is 0 Å². The third kappa shape index (κ3) is 5.33. The number of amides is 2. The second-order valence-corrected chi connectivity index (χ2v) is 7.97. The van der Waals surface area contributed by atoms with Crippen molar-refractivity contribution in [3.63, 3.8) is 0 Å². The lowest BCUT2D eigenvalue weighted by atomic mass is 10.1. The van der Waals surface area contributed by atoms with Crippen LogP contribution in [-0.4, -0.2) is 27.0 Å². The molecule has 0 saturated heterocycles. The summed E-state index contributed by atoms with van der Waals surface area (Å²) in [5, 5.41) is 3.36. The Balaban J connectivity index is 1.97. The first-order chi connectivity index (χ1) is 15.5. The molecule has 0 radical (unpaired) electrons. The minimum Gasteiger partial charge on any atom is -0.314 e. The number of nitrogens with zero attached hydrogens (tertiary/aromatic N) is 3. The molecule has 0 saturated carbocycles. The zero-order chi connectivity index (χ0) is 23.1. The van der Waals surface area contributed by atoms with E-state index in [4.69, 9.17) is 4.98 Å². The molecule has 0 fully saturated rings. The number of benzene rings is 2. The predicted octanol–water partition coefficient (Wildman–Crippen LogP) is 5.64. The van der Waals surface area contributed by atoms with E-state index in [9.17, 15) is 14.0 Å². The molecule has 170 valence electrons. The van der Waals surface area contributed by atoms with Crippen molar-refractivity contribution in [2.24, 2.45) is 7.05 Å². The molecular weight excluding hydrogens is 407 g/mol. The summed E-state index contributed by atoms with van der Waals surface area (Å²) in [5.41, 5.74) is 0.866. The molecular formula is C25H31FN4O2. The molecule has 2 amide bonds. The lowest BCUT2D eigenvalue weighted by molar-refractivity contribution is 0.178. The first-order valence-electron chi connectivity index (χ1n) is 11.2. The summed E-state index contributed by atoms with van der Waals surface area (Å²) in [7, 11) is 1.69. The van der Waals surface area contributed by atoms with Gasteiger partial charge in [-0.05, 0) is 43.2 Å². The molecule has 0 aliphatic heterocycles. The molecule has 7 heteroatoms. The second kappa shape index (κ2) is 10.9. The Morgan fingerprint density at radius 2 is 1.91 bits per heavy atom. The number of urea groups is 1. The maximum Gasteiger partial charge on any atom is 0.322 e. The van der Waals surface area contributed by atoms with Crippen LogP contribution in [0.15, 0.2) is 53.3 Å². The van der Waals surface area contributed by atoms with Crippen LogP contribution in [0.25, 0.3) is 10.9 Å². The molecule has 6 nitrogen and oxygen atoms in total. The summed E-state index contributed by atoms with van der Waals surface area (Å²) >= 11 is 0. The Morgan fingerprint density at radius 3 is 2.62 bits per heavy atom. The molecule has 3 rings (SSSR count). The Labute approximate surface area is 188 Å². The van der Waals surface area contributed by atoms with Gasteiger partial charge in [-0.2, -0.15) is 0 Å². The van der Waals surface area contributed by atoms with E-state index in [1.54, 1.807) is 30.1 Å². The molecule has 0 spiro atoms. The van der Waals surface area contributed by atoms with Gasteiger partial charge in [-0.3, -0.25) is 9.36 Å². The van der Waals surface area contributed by atoms with Crippen LogP contribution in [0.5, 0.6) is 0 Å². The largest absolute Gasteiger partial charge is 0.322 e. The fraction of sp³-hybridized carbons (Fsp3) is 0.400. The third-order valence-corrected chi connectivity index (χ3v) is 5.67. The van der Waals surface area contributed by atoms with Gasteiger partial charge in [0.05, 0.1) is 16.9 Å². The third-order valence-electron chi connectivity index (χ3n) is 5.67. The van der Waals surface area contributed by atoms with Crippen molar-refractivity contribution < 1.29 is 9.18 Å². The van der Waals surface area contributed by atoms with E-state index in [0.29, 0.717) is 35.4 Å². The second-order valence-electron chi connectivity index (χ2n) is 7.97. The average molecular weight is 439 g/mol. The molecule has 1 unspecified atom stereocenters. The fourth-order valence-corrected chi connectivity index (χ4v) is 3.94. The van der Waals surface area contributed by atoms with Crippen molar-refractivity contribution in [2.45, 2.75) is 52.0 Å². The van der Waals surface area contributed by atoms with Crippen LogP contribution in [0.4, 0.5) is 14.9 Å². The van der Waals surface area contributed by atoms with Crippen molar-refractivity contribution >= 4 is 22.6 Å². The number of halogens is 1. The smallest absolute Gasteiger partial charge is 0.314 e. The molecule has 1 atom stereocenters. The van der Waals surface area contributed by atoms with Gasteiger partial charge in [-0.1, -0.05) is 51.3 Å². The van der Waals surface area contributed by atoms with Crippen LogP contribution in [0.1, 0.15) is 57.8 Å². The highest BCUT2D eigenvalue weighted by molar-refractivity contribution is 5.89. The van der Waals surface area contributed by atoms with E-state index in [1.165, 1.54) is 16.7 Å². The van der Waals surface area contributed by atoms with Gasteiger partial charge >= 0.3 is 6.03 Å². The van der Waals surface area contributed by atoms with Crippen molar-refractivity contribution in [3.8, 4) is 0 Å². The fourth-order valence-electron chi connectivity index (χ4n) is 3.94. The quantitative estimate of drug-likeness (QED) is 0.440.